The Balaban J connectivity index is 2.01. The van der Waals surface area contributed by atoms with Crippen LogP contribution < -0.4 is 5.32 Å². The molecule has 0 aliphatic carbocycles. The van der Waals surface area contributed by atoms with Gasteiger partial charge in [0, 0.05) is 21.5 Å². The molecule has 0 saturated carbocycles. The van der Waals surface area contributed by atoms with E-state index in [0.717, 1.165) is 22.9 Å². The van der Waals surface area contributed by atoms with E-state index in [4.69, 9.17) is 11.6 Å². The monoisotopic (exact) mass is 280 g/mol. The molecule has 0 fully saturated rings. The topological polar surface area (TPSA) is 24.9 Å². The van der Waals surface area contributed by atoms with Gasteiger partial charge in [-0.25, -0.2) is 4.98 Å². The Morgan fingerprint density at radius 3 is 2.72 bits per heavy atom. The van der Waals surface area contributed by atoms with E-state index < -0.39 is 0 Å². The smallest absolute Gasteiger partial charge is 0.0982 e. The number of nitrogens with zero attached hydrogens (tertiary/aromatic N) is 1. The van der Waals surface area contributed by atoms with Crippen LogP contribution in [-0.2, 0) is 12.0 Å². The van der Waals surface area contributed by atoms with Crippen LogP contribution in [0.15, 0.2) is 29.6 Å². The third kappa shape index (κ3) is 3.47. The minimum Gasteiger partial charge on any atom is -0.379 e. The number of rotatable bonds is 3. The van der Waals surface area contributed by atoms with Crippen LogP contribution in [-0.4, -0.2) is 4.98 Å². The molecule has 1 N–H and O–H groups in total. The van der Waals surface area contributed by atoms with E-state index in [-0.39, 0.29) is 5.41 Å². The standard InChI is InChI=1S/C14H17ClN2S/c1-14(2,3)13-17-12(9-18-13)8-16-11-6-4-5-10(15)7-11/h4-7,9,16H,8H2,1-3H3. The minimum absolute atomic E-state index is 0.124. The molecule has 0 spiro atoms. The lowest BCUT2D eigenvalue weighted by atomic mass is 9.98. The summed E-state index contributed by atoms with van der Waals surface area (Å²) >= 11 is 7.65. The maximum Gasteiger partial charge on any atom is 0.0982 e. The molecule has 1 aromatic heterocycles. The fraction of sp³-hybridized carbons (Fsp3) is 0.357. The number of thiazole rings is 1. The summed E-state index contributed by atoms with van der Waals surface area (Å²) in [6.45, 7) is 7.27. The number of aromatic nitrogens is 1. The number of halogens is 1. The summed E-state index contributed by atoms with van der Waals surface area (Å²) in [7, 11) is 0. The summed E-state index contributed by atoms with van der Waals surface area (Å²) in [6.07, 6.45) is 0. The Kier molecular flexibility index (Phi) is 3.93. The molecule has 1 heterocycles. The van der Waals surface area contributed by atoms with Gasteiger partial charge in [0.1, 0.15) is 0 Å². The van der Waals surface area contributed by atoms with Crippen LogP contribution in [0.1, 0.15) is 31.5 Å². The highest BCUT2D eigenvalue weighted by molar-refractivity contribution is 7.09. The molecule has 2 nitrogen and oxygen atoms in total. The summed E-state index contributed by atoms with van der Waals surface area (Å²) in [5.41, 5.74) is 2.22. The Labute approximate surface area is 117 Å². The molecule has 1 aromatic carbocycles. The van der Waals surface area contributed by atoms with Crippen LogP contribution in [0.2, 0.25) is 5.02 Å². The van der Waals surface area contributed by atoms with E-state index >= 15 is 0 Å². The van der Waals surface area contributed by atoms with Gasteiger partial charge in [0.25, 0.3) is 0 Å². The molecular weight excluding hydrogens is 264 g/mol. The molecule has 0 atom stereocenters. The van der Waals surface area contributed by atoms with Gasteiger partial charge in [-0.1, -0.05) is 38.4 Å². The quantitative estimate of drug-likeness (QED) is 0.881. The number of benzene rings is 1. The van der Waals surface area contributed by atoms with Gasteiger partial charge in [0.15, 0.2) is 0 Å². The van der Waals surface area contributed by atoms with Gasteiger partial charge in [-0.2, -0.15) is 0 Å². The van der Waals surface area contributed by atoms with Gasteiger partial charge >= 0.3 is 0 Å². The van der Waals surface area contributed by atoms with Crippen LogP contribution >= 0.6 is 22.9 Å². The molecule has 4 heteroatoms. The van der Waals surface area contributed by atoms with Crippen molar-refractivity contribution in [1.29, 1.82) is 0 Å². The molecule has 0 radical (unpaired) electrons. The van der Waals surface area contributed by atoms with Crippen LogP contribution in [0.25, 0.3) is 0 Å². The fourth-order valence-electron chi connectivity index (χ4n) is 1.52. The molecule has 96 valence electrons. The number of anilines is 1. The van der Waals surface area contributed by atoms with Crippen molar-refractivity contribution in [3.05, 3.63) is 45.4 Å². The van der Waals surface area contributed by atoms with E-state index in [2.05, 4.69) is 36.5 Å². The van der Waals surface area contributed by atoms with Gasteiger partial charge in [0.05, 0.1) is 17.2 Å². The van der Waals surface area contributed by atoms with E-state index in [1.54, 1.807) is 11.3 Å². The number of hydrogen-bond acceptors (Lipinski definition) is 3. The van der Waals surface area contributed by atoms with E-state index in [1.807, 2.05) is 24.3 Å². The maximum absolute atomic E-state index is 5.94. The van der Waals surface area contributed by atoms with Crippen LogP contribution in [0.3, 0.4) is 0 Å². The lowest BCUT2D eigenvalue weighted by Gasteiger charge is -2.13. The number of nitrogens with one attached hydrogen (secondary N) is 1. The highest BCUT2D eigenvalue weighted by Crippen LogP contribution is 2.26. The number of hydrogen-bond donors (Lipinski definition) is 1. The highest BCUT2D eigenvalue weighted by atomic mass is 35.5. The summed E-state index contributed by atoms with van der Waals surface area (Å²) in [5, 5.41) is 7.35. The second kappa shape index (κ2) is 5.29. The van der Waals surface area contributed by atoms with Crippen molar-refractivity contribution in [2.75, 3.05) is 5.32 Å². The average Bonchev–Trinajstić information content (AvgIpc) is 2.74. The Morgan fingerprint density at radius 1 is 1.33 bits per heavy atom. The Morgan fingerprint density at radius 2 is 2.11 bits per heavy atom. The highest BCUT2D eigenvalue weighted by Gasteiger charge is 2.17. The molecule has 0 unspecified atom stereocenters. The average molecular weight is 281 g/mol. The molecule has 2 rings (SSSR count). The molecular formula is C14H17ClN2S. The zero-order chi connectivity index (χ0) is 13.2. The molecule has 0 aliphatic rings. The predicted octanol–water partition coefficient (Wildman–Crippen LogP) is 4.71. The molecule has 0 bridgehead atoms. The molecule has 0 amide bonds. The molecule has 0 saturated heterocycles. The first-order valence-corrected chi connectivity index (χ1v) is 7.15. The van der Waals surface area contributed by atoms with Crippen molar-refractivity contribution in [1.82, 2.24) is 4.98 Å². The first-order valence-electron chi connectivity index (χ1n) is 5.89. The lowest BCUT2D eigenvalue weighted by Crippen LogP contribution is -2.11. The predicted molar refractivity (Wildman–Crippen MR) is 79.6 cm³/mol. The van der Waals surface area contributed by atoms with E-state index in [0.29, 0.717) is 0 Å². The third-order valence-electron chi connectivity index (χ3n) is 2.49. The van der Waals surface area contributed by atoms with Gasteiger partial charge in [0.2, 0.25) is 0 Å². The molecule has 18 heavy (non-hydrogen) atoms. The van der Waals surface area contributed by atoms with Crippen molar-refractivity contribution in [3.8, 4) is 0 Å². The van der Waals surface area contributed by atoms with Crippen molar-refractivity contribution in [2.45, 2.75) is 32.7 Å². The minimum atomic E-state index is 0.124. The summed E-state index contributed by atoms with van der Waals surface area (Å²) in [5.74, 6) is 0. The Bertz CT molecular complexity index is 529. The third-order valence-corrected chi connectivity index (χ3v) is 4.04. The zero-order valence-electron chi connectivity index (χ0n) is 10.8. The fourth-order valence-corrected chi connectivity index (χ4v) is 2.62. The largest absolute Gasteiger partial charge is 0.379 e. The second-order valence-corrected chi connectivity index (χ2v) is 6.55. The van der Waals surface area contributed by atoms with E-state index in [9.17, 15) is 0 Å². The SMILES string of the molecule is CC(C)(C)c1nc(CNc2cccc(Cl)c2)cs1. The van der Waals surface area contributed by atoms with Gasteiger partial charge < -0.3 is 5.32 Å². The van der Waals surface area contributed by atoms with Gasteiger partial charge in [-0.15, -0.1) is 11.3 Å². The normalized spacial score (nSPS) is 11.6. The maximum atomic E-state index is 5.94. The van der Waals surface area contributed by atoms with E-state index in [1.165, 1.54) is 5.01 Å². The van der Waals surface area contributed by atoms with Crippen molar-refractivity contribution < 1.29 is 0 Å². The van der Waals surface area contributed by atoms with Gasteiger partial charge in [-0.05, 0) is 18.2 Å². The zero-order valence-corrected chi connectivity index (χ0v) is 12.4. The van der Waals surface area contributed by atoms with Crippen molar-refractivity contribution in [3.63, 3.8) is 0 Å². The lowest BCUT2D eigenvalue weighted by molar-refractivity contribution is 0.583. The molecule has 2 aromatic rings. The van der Waals surface area contributed by atoms with Crippen LogP contribution in [0.4, 0.5) is 5.69 Å². The second-order valence-electron chi connectivity index (χ2n) is 5.26. The summed E-state index contributed by atoms with van der Waals surface area (Å²) < 4.78 is 0. The Hall–Kier alpha value is -1.06. The first kappa shape index (κ1) is 13.4. The van der Waals surface area contributed by atoms with Crippen LogP contribution in [0.5, 0.6) is 0 Å². The van der Waals surface area contributed by atoms with Crippen molar-refractivity contribution in [2.24, 2.45) is 0 Å². The summed E-state index contributed by atoms with van der Waals surface area (Å²) in [4.78, 5) is 4.64. The van der Waals surface area contributed by atoms with Gasteiger partial charge in [-0.3, -0.25) is 0 Å². The van der Waals surface area contributed by atoms with Crippen LogP contribution in [0, 0.1) is 0 Å². The summed E-state index contributed by atoms with van der Waals surface area (Å²) in [6, 6.07) is 7.72. The first-order chi connectivity index (χ1) is 8.45. The molecule has 0 aliphatic heterocycles. The van der Waals surface area contributed by atoms with Crippen molar-refractivity contribution >= 4 is 28.6 Å².